The highest BCUT2D eigenvalue weighted by atomic mass is 127. The number of ether oxygens (including phenoxy) is 1. The van der Waals surface area contributed by atoms with Gasteiger partial charge in [-0.2, -0.15) is 0 Å². The molecule has 0 aliphatic carbocycles. The van der Waals surface area contributed by atoms with Crippen molar-refractivity contribution in [2.24, 2.45) is 0 Å². The molecule has 21 heavy (non-hydrogen) atoms. The molecule has 120 valence electrons. The second-order valence-electron chi connectivity index (χ2n) is 7.74. The number of benzene rings is 1. The third-order valence-corrected chi connectivity index (χ3v) is 4.14. The maximum atomic E-state index is 5.91. The van der Waals surface area contributed by atoms with Gasteiger partial charge in [0.05, 0.1) is 65.6 Å². The van der Waals surface area contributed by atoms with Crippen molar-refractivity contribution in [2.45, 2.75) is 12.8 Å². The summed E-state index contributed by atoms with van der Waals surface area (Å²) in [5, 5.41) is 0. The Hall–Kier alpha value is -0.330. The molecule has 0 aromatic heterocycles. The number of hydrogen-bond acceptors (Lipinski definition) is 1. The van der Waals surface area contributed by atoms with E-state index in [1.54, 1.807) is 0 Å². The third kappa shape index (κ3) is 8.63. The normalized spacial score (nSPS) is 12.5. The predicted molar refractivity (Wildman–Crippen MR) is 98.8 cm³/mol. The second-order valence-corrected chi connectivity index (χ2v) is 8.91. The Morgan fingerprint density at radius 1 is 0.952 bits per heavy atom. The molecular formula is C17H31IN2O+2. The molecule has 0 aliphatic rings. The van der Waals surface area contributed by atoms with Crippen molar-refractivity contribution in [2.75, 3.05) is 62.0 Å². The SMILES string of the molecule is C[N+](C)(C)CCCOc1ccc(CC[N+](C)(C)C)cc1I. The van der Waals surface area contributed by atoms with Crippen LogP contribution in [0.4, 0.5) is 0 Å². The smallest absolute Gasteiger partial charge is 0.132 e. The zero-order valence-corrected chi connectivity index (χ0v) is 16.6. The molecule has 3 nitrogen and oxygen atoms in total. The summed E-state index contributed by atoms with van der Waals surface area (Å²) >= 11 is 2.38. The first kappa shape index (κ1) is 18.7. The molecule has 0 atom stereocenters. The van der Waals surface area contributed by atoms with Gasteiger partial charge in [0.15, 0.2) is 0 Å². The van der Waals surface area contributed by atoms with Gasteiger partial charge >= 0.3 is 0 Å². The van der Waals surface area contributed by atoms with Gasteiger partial charge in [-0.1, -0.05) is 6.07 Å². The summed E-state index contributed by atoms with van der Waals surface area (Å²) < 4.78 is 9.12. The van der Waals surface area contributed by atoms with Crippen LogP contribution in [0.2, 0.25) is 0 Å². The van der Waals surface area contributed by atoms with E-state index >= 15 is 0 Å². The lowest BCUT2D eigenvalue weighted by Crippen LogP contribution is -2.36. The average Bonchev–Trinajstić information content (AvgIpc) is 2.32. The molecule has 0 saturated heterocycles. The highest BCUT2D eigenvalue weighted by molar-refractivity contribution is 14.1. The molecule has 0 unspecified atom stereocenters. The minimum absolute atomic E-state index is 0.795. The summed E-state index contributed by atoms with van der Waals surface area (Å²) in [6, 6.07) is 6.58. The van der Waals surface area contributed by atoms with Crippen molar-refractivity contribution in [3.63, 3.8) is 0 Å². The van der Waals surface area contributed by atoms with Crippen LogP contribution in [0.1, 0.15) is 12.0 Å². The molecule has 1 aromatic carbocycles. The molecule has 0 aliphatic heterocycles. The number of hydrogen-bond donors (Lipinski definition) is 0. The molecule has 0 radical (unpaired) electrons. The first-order valence-electron chi connectivity index (χ1n) is 7.59. The van der Waals surface area contributed by atoms with E-state index in [-0.39, 0.29) is 0 Å². The van der Waals surface area contributed by atoms with Gasteiger partial charge in [-0.05, 0) is 40.3 Å². The molecule has 0 saturated carbocycles. The van der Waals surface area contributed by atoms with Crippen LogP contribution in [0.25, 0.3) is 0 Å². The highest BCUT2D eigenvalue weighted by Crippen LogP contribution is 2.22. The standard InChI is InChI=1S/C17H31IN2O/c1-19(2,3)11-7-13-21-17-9-8-15(14-16(17)18)10-12-20(4,5)6/h8-9,14H,7,10-13H2,1-6H3/q+2. The largest absolute Gasteiger partial charge is 0.492 e. The van der Waals surface area contributed by atoms with E-state index in [4.69, 9.17) is 4.74 Å². The van der Waals surface area contributed by atoms with Crippen LogP contribution in [-0.2, 0) is 6.42 Å². The Morgan fingerprint density at radius 2 is 1.57 bits per heavy atom. The molecule has 0 N–H and O–H groups in total. The van der Waals surface area contributed by atoms with E-state index in [1.807, 2.05) is 0 Å². The first-order chi connectivity index (χ1) is 9.57. The predicted octanol–water partition coefficient (Wildman–Crippen LogP) is 3.02. The van der Waals surface area contributed by atoms with Crippen molar-refractivity contribution in [1.82, 2.24) is 0 Å². The van der Waals surface area contributed by atoms with Gasteiger partial charge < -0.3 is 13.7 Å². The van der Waals surface area contributed by atoms with Crippen LogP contribution in [0.3, 0.4) is 0 Å². The zero-order chi connectivity index (χ0) is 16.1. The van der Waals surface area contributed by atoms with Gasteiger partial charge in [0.1, 0.15) is 5.75 Å². The fraction of sp³-hybridized carbons (Fsp3) is 0.647. The number of likely N-dealkylation sites (N-methyl/N-ethyl adjacent to an activating group) is 1. The summed E-state index contributed by atoms with van der Waals surface area (Å²) in [5.74, 6) is 1.02. The van der Waals surface area contributed by atoms with Crippen LogP contribution in [0.15, 0.2) is 18.2 Å². The summed E-state index contributed by atoms with van der Waals surface area (Å²) in [4.78, 5) is 0. The molecule has 1 rings (SSSR count). The monoisotopic (exact) mass is 406 g/mol. The van der Waals surface area contributed by atoms with Crippen LogP contribution in [0.5, 0.6) is 5.75 Å². The molecule has 0 bridgehead atoms. The second kappa shape index (κ2) is 7.79. The molecule has 1 aromatic rings. The van der Waals surface area contributed by atoms with Crippen molar-refractivity contribution in [3.8, 4) is 5.75 Å². The number of nitrogens with zero attached hydrogens (tertiary/aromatic N) is 2. The molecule has 4 heteroatoms. The summed E-state index contributed by atoms with van der Waals surface area (Å²) in [6.07, 6.45) is 2.20. The summed E-state index contributed by atoms with van der Waals surface area (Å²) in [6.45, 7) is 3.09. The lowest BCUT2D eigenvalue weighted by atomic mass is 10.1. The third-order valence-electron chi connectivity index (χ3n) is 3.30. The van der Waals surface area contributed by atoms with Gasteiger partial charge in [0.2, 0.25) is 0 Å². The van der Waals surface area contributed by atoms with Gasteiger partial charge in [-0.15, -0.1) is 0 Å². The van der Waals surface area contributed by atoms with Crippen LogP contribution < -0.4 is 4.74 Å². The Bertz CT molecular complexity index is 447. The number of quaternary nitrogens is 2. The van der Waals surface area contributed by atoms with Crippen LogP contribution in [-0.4, -0.2) is 70.9 Å². The van der Waals surface area contributed by atoms with Crippen LogP contribution in [0, 0.1) is 3.57 Å². The summed E-state index contributed by atoms with van der Waals surface area (Å²) in [7, 11) is 13.3. The molecule has 0 fully saturated rings. The van der Waals surface area contributed by atoms with E-state index in [0.29, 0.717) is 0 Å². The topological polar surface area (TPSA) is 9.23 Å². The molecular weight excluding hydrogens is 375 g/mol. The van der Waals surface area contributed by atoms with E-state index in [1.165, 1.54) is 9.13 Å². The van der Waals surface area contributed by atoms with Crippen molar-refractivity contribution in [1.29, 1.82) is 0 Å². The molecule has 0 spiro atoms. The Morgan fingerprint density at radius 3 is 2.10 bits per heavy atom. The van der Waals surface area contributed by atoms with E-state index in [2.05, 4.69) is 83.1 Å². The number of rotatable bonds is 8. The Balaban J connectivity index is 2.47. The Labute approximate surface area is 144 Å². The van der Waals surface area contributed by atoms with Gasteiger partial charge in [0, 0.05) is 12.8 Å². The minimum Gasteiger partial charge on any atom is -0.492 e. The van der Waals surface area contributed by atoms with Gasteiger partial charge in [-0.3, -0.25) is 0 Å². The minimum atomic E-state index is 0.795. The molecule has 0 amide bonds. The maximum absolute atomic E-state index is 5.91. The molecule has 0 heterocycles. The average molecular weight is 406 g/mol. The number of halogens is 1. The van der Waals surface area contributed by atoms with Crippen molar-refractivity contribution in [3.05, 3.63) is 27.3 Å². The highest BCUT2D eigenvalue weighted by Gasteiger charge is 2.10. The fourth-order valence-corrected chi connectivity index (χ4v) is 2.74. The van der Waals surface area contributed by atoms with Crippen LogP contribution >= 0.6 is 22.6 Å². The quantitative estimate of drug-likeness (QED) is 0.367. The van der Waals surface area contributed by atoms with Crippen molar-refractivity contribution >= 4 is 22.6 Å². The van der Waals surface area contributed by atoms with Gasteiger partial charge in [0.25, 0.3) is 0 Å². The summed E-state index contributed by atoms with van der Waals surface area (Å²) in [5.41, 5.74) is 1.39. The van der Waals surface area contributed by atoms with E-state index < -0.39 is 0 Å². The lowest BCUT2D eigenvalue weighted by molar-refractivity contribution is -0.870. The van der Waals surface area contributed by atoms with Crippen molar-refractivity contribution < 1.29 is 13.7 Å². The lowest BCUT2D eigenvalue weighted by Gasteiger charge is -2.24. The maximum Gasteiger partial charge on any atom is 0.132 e. The zero-order valence-electron chi connectivity index (χ0n) is 14.4. The van der Waals surface area contributed by atoms with E-state index in [0.717, 1.165) is 47.3 Å². The first-order valence-corrected chi connectivity index (χ1v) is 8.67. The van der Waals surface area contributed by atoms with E-state index in [9.17, 15) is 0 Å². The fourth-order valence-electron chi connectivity index (χ4n) is 2.00. The van der Waals surface area contributed by atoms with Gasteiger partial charge in [-0.25, -0.2) is 0 Å². The Kier molecular flexibility index (Phi) is 6.94.